The molecule has 1 heterocycles. The van der Waals surface area contributed by atoms with Gasteiger partial charge in [0.15, 0.2) is 0 Å². The third kappa shape index (κ3) is 2.79. The zero-order valence-electron chi connectivity index (χ0n) is 5.47. The van der Waals surface area contributed by atoms with Crippen molar-refractivity contribution in [3.63, 3.8) is 0 Å². The average molecular weight is 131 g/mol. The van der Waals surface area contributed by atoms with Crippen molar-refractivity contribution in [2.24, 2.45) is 0 Å². The minimum atomic E-state index is -0.217. The van der Waals surface area contributed by atoms with Crippen LogP contribution in [0.5, 0.6) is 0 Å². The largest absolute Gasteiger partial charge is 0.392 e. The van der Waals surface area contributed by atoms with Gasteiger partial charge in [-0.1, -0.05) is 0 Å². The molecule has 0 bridgehead atoms. The number of ether oxygens (including phenoxy) is 1. The number of nitrogens with one attached hydrogen (secondary N) is 1. The Bertz CT molecular complexity index is 69.5. The number of aliphatic hydroxyl groups excluding tert-OH is 1. The van der Waals surface area contributed by atoms with Crippen LogP contribution in [-0.2, 0) is 4.74 Å². The Kier molecular flexibility index (Phi) is 2.97. The quantitative estimate of drug-likeness (QED) is 0.459. The molecule has 0 saturated carbocycles. The molecule has 1 unspecified atom stereocenters. The molecule has 1 aliphatic rings. The molecule has 1 rings (SSSR count). The molecule has 0 aromatic carbocycles. The van der Waals surface area contributed by atoms with Crippen molar-refractivity contribution >= 4 is 0 Å². The number of hydrogen-bond acceptors (Lipinski definition) is 3. The van der Waals surface area contributed by atoms with Crippen LogP contribution >= 0.6 is 0 Å². The van der Waals surface area contributed by atoms with Gasteiger partial charge in [-0.3, -0.25) is 0 Å². The predicted octanol–water partition coefficient (Wildman–Crippen LogP) is -0.643. The summed E-state index contributed by atoms with van der Waals surface area (Å²) in [6, 6.07) is 0. The van der Waals surface area contributed by atoms with Gasteiger partial charge in [-0.05, 0) is 6.42 Å². The summed E-state index contributed by atoms with van der Waals surface area (Å²) in [6.07, 6.45) is 0.540. The Hall–Kier alpha value is -0.120. The SMILES string of the molecule is OC1CCOCCNC1. The fourth-order valence-electron chi connectivity index (χ4n) is 0.837. The van der Waals surface area contributed by atoms with Gasteiger partial charge >= 0.3 is 0 Å². The summed E-state index contributed by atoms with van der Waals surface area (Å²) in [5.74, 6) is 0. The van der Waals surface area contributed by atoms with E-state index in [0.717, 1.165) is 19.6 Å². The Morgan fingerprint density at radius 3 is 3.22 bits per heavy atom. The first-order chi connectivity index (χ1) is 4.39. The molecule has 9 heavy (non-hydrogen) atoms. The number of hydrogen-bond donors (Lipinski definition) is 2. The van der Waals surface area contributed by atoms with E-state index in [2.05, 4.69) is 5.32 Å². The van der Waals surface area contributed by atoms with E-state index in [1.807, 2.05) is 0 Å². The standard InChI is InChI=1S/C6H13NO2/c8-6-1-3-9-4-2-7-5-6/h6-8H,1-5H2. The second-order valence-corrected chi connectivity index (χ2v) is 2.26. The van der Waals surface area contributed by atoms with Gasteiger partial charge in [0.2, 0.25) is 0 Å². The number of β-amino-alcohol motifs (C(OH)–C–C–N with tert-alkyl or cyclic N) is 1. The van der Waals surface area contributed by atoms with E-state index < -0.39 is 0 Å². The molecule has 0 amide bonds. The minimum absolute atomic E-state index is 0.217. The topological polar surface area (TPSA) is 41.5 Å². The van der Waals surface area contributed by atoms with Crippen LogP contribution in [0.3, 0.4) is 0 Å². The zero-order valence-corrected chi connectivity index (χ0v) is 5.47. The monoisotopic (exact) mass is 131 g/mol. The van der Waals surface area contributed by atoms with Crippen LogP contribution in [0.1, 0.15) is 6.42 Å². The van der Waals surface area contributed by atoms with Crippen molar-refractivity contribution in [1.29, 1.82) is 0 Å². The lowest BCUT2D eigenvalue weighted by Crippen LogP contribution is -2.33. The fraction of sp³-hybridized carbons (Fsp3) is 1.00. The van der Waals surface area contributed by atoms with E-state index >= 15 is 0 Å². The van der Waals surface area contributed by atoms with Gasteiger partial charge in [0.25, 0.3) is 0 Å². The summed E-state index contributed by atoms with van der Waals surface area (Å²) in [5, 5.41) is 12.1. The maximum absolute atomic E-state index is 9.07. The Morgan fingerprint density at radius 2 is 2.33 bits per heavy atom. The first-order valence-electron chi connectivity index (χ1n) is 3.36. The second kappa shape index (κ2) is 3.82. The van der Waals surface area contributed by atoms with Crippen molar-refractivity contribution in [2.45, 2.75) is 12.5 Å². The van der Waals surface area contributed by atoms with E-state index in [4.69, 9.17) is 9.84 Å². The molecular weight excluding hydrogens is 118 g/mol. The van der Waals surface area contributed by atoms with Gasteiger partial charge in [0, 0.05) is 19.7 Å². The summed E-state index contributed by atoms with van der Waals surface area (Å²) in [6.45, 7) is 3.04. The predicted molar refractivity (Wildman–Crippen MR) is 34.3 cm³/mol. The van der Waals surface area contributed by atoms with Crippen molar-refractivity contribution in [1.82, 2.24) is 5.32 Å². The normalized spacial score (nSPS) is 31.0. The van der Waals surface area contributed by atoms with Crippen LogP contribution in [0, 0.1) is 0 Å². The number of rotatable bonds is 0. The van der Waals surface area contributed by atoms with E-state index in [1.54, 1.807) is 0 Å². The molecule has 0 aromatic rings. The minimum Gasteiger partial charge on any atom is -0.392 e. The zero-order chi connectivity index (χ0) is 6.53. The van der Waals surface area contributed by atoms with Crippen LogP contribution in [0.25, 0.3) is 0 Å². The van der Waals surface area contributed by atoms with Crippen molar-refractivity contribution in [2.75, 3.05) is 26.3 Å². The van der Waals surface area contributed by atoms with Gasteiger partial charge in [0.05, 0.1) is 12.7 Å². The molecular formula is C6H13NO2. The summed E-state index contributed by atoms with van der Waals surface area (Å²) in [7, 11) is 0. The highest BCUT2D eigenvalue weighted by molar-refractivity contribution is 4.61. The molecule has 0 spiro atoms. The van der Waals surface area contributed by atoms with Gasteiger partial charge in [0.1, 0.15) is 0 Å². The summed E-state index contributed by atoms with van der Waals surface area (Å²) < 4.78 is 5.12. The molecule has 1 aliphatic heterocycles. The van der Waals surface area contributed by atoms with Gasteiger partial charge < -0.3 is 15.2 Å². The van der Waals surface area contributed by atoms with E-state index in [1.165, 1.54) is 0 Å². The first-order valence-corrected chi connectivity index (χ1v) is 3.36. The third-order valence-electron chi connectivity index (χ3n) is 1.40. The fourth-order valence-corrected chi connectivity index (χ4v) is 0.837. The smallest absolute Gasteiger partial charge is 0.0686 e. The van der Waals surface area contributed by atoms with E-state index in [0.29, 0.717) is 13.2 Å². The summed E-state index contributed by atoms with van der Waals surface area (Å²) in [5.41, 5.74) is 0. The first kappa shape index (κ1) is 6.99. The van der Waals surface area contributed by atoms with E-state index in [-0.39, 0.29) is 6.10 Å². The van der Waals surface area contributed by atoms with Crippen LogP contribution < -0.4 is 5.32 Å². The highest BCUT2D eigenvalue weighted by Crippen LogP contribution is 1.92. The lowest BCUT2D eigenvalue weighted by atomic mass is 10.2. The molecule has 1 fully saturated rings. The second-order valence-electron chi connectivity index (χ2n) is 2.26. The lowest BCUT2D eigenvalue weighted by molar-refractivity contribution is 0.0650. The molecule has 1 atom stereocenters. The Balaban J connectivity index is 2.12. The Morgan fingerprint density at radius 1 is 1.44 bits per heavy atom. The molecule has 0 aromatic heterocycles. The summed E-state index contributed by atoms with van der Waals surface area (Å²) >= 11 is 0. The van der Waals surface area contributed by atoms with E-state index in [9.17, 15) is 0 Å². The van der Waals surface area contributed by atoms with Crippen molar-refractivity contribution in [3.05, 3.63) is 0 Å². The van der Waals surface area contributed by atoms with Gasteiger partial charge in [-0.2, -0.15) is 0 Å². The molecule has 3 nitrogen and oxygen atoms in total. The molecule has 54 valence electrons. The van der Waals surface area contributed by atoms with Crippen LogP contribution in [0.4, 0.5) is 0 Å². The van der Waals surface area contributed by atoms with Crippen LogP contribution in [0.15, 0.2) is 0 Å². The molecule has 2 N–H and O–H groups in total. The lowest BCUT2D eigenvalue weighted by Gasteiger charge is -2.15. The average Bonchev–Trinajstić information content (AvgIpc) is 1.79. The van der Waals surface area contributed by atoms with Crippen LogP contribution in [-0.4, -0.2) is 37.5 Å². The molecule has 3 heteroatoms. The third-order valence-corrected chi connectivity index (χ3v) is 1.40. The van der Waals surface area contributed by atoms with Gasteiger partial charge in [-0.15, -0.1) is 0 Å². The number of aliphatic hydroxyl groups is 1. The highest BCUT2D eigenvalue weighted by atomic mass is 16.5. The van der Waals surface area contributed by atoms with Crippen molar-refractivity contribution < 1.29 is 9.84 Å². The summed E-state index contributed by atoms with van der Waals surface area (Å²) in [4.78, 5) is 0. The maximum Gasteiger partial charge on any atom is 0.0686 e. The maximum atomic E-state index is 9.07. The Labute approximate surface area is 55.0 Å². The molecule has 1 saturated heterocycles. The molecule has 0 radical (unpaired) electrons. The van der Waals surface area contributed by atoms with Crippen molar-refractivity contribution in [3.8, 4) is 0 Å². The van der Waals surface area contributed by atoms with Gasteiger partial charge in [-0.25, -0.2) is 0 Å². The highest BCUT2D eigenvalue weighted by Gasteiger charge is 2.05. The van der Waals surface area contributed by atoms with Crippen LogP contribution in [0.2, 0.25) is 0 Å². The molecule has 0 aliphatic carbocycles.